The molecule has 0 aliphatic rings. The summed E-state index contributed by atoms with van der Waals surface area (Å²) in [5, 5.41) is 0. The van der Waals surface area contributed by atoms with Crippen LogP contribution in [0.3, 0.4) is 0 Å². The lowest BCUT2D eigenvalue weighted by Gasteiger charge is -2.10. The van der Waals surface area contributed by atoms with E-state index in [0.717, 1.165) is 15.8 Å². The third-order valence-corrected chi connectivity index (χ3v) is 5.17. The molecule has 0 unspecified atom stereocenters. The summed E-state index contributed by atoms with van der Waals surface area (Å²) in [5.41, 5.74) is 5.52. The maximum absolute atomic E-state index is 13.7. The first-order valence-corrected chi connectivity index (χ1v) is 8.31. The van der Waals surface area contributed by atoms with Crippen molar-refractivity contribution in [3.63, 3.8) is 0 Å². The van der Waals surface area contributed by atoms with Crippen LogP contribution < -0.4 is 15.2 Å². The number of ether oxygens (including phenoxy) is 1. The Balaban J connectivity index is 2.23. The molecule has 1 aromatic heterocycles. The van der Waals surface area contributed by atoms with Crippen molar-refractivity contribution < 1.29 is 17.5 Å². The average Bonchev–Trinajstić information content (AvgIpc) is 2.82. The molecule has 0 atom stereocenters. The highest BCUT2D eigenvalue weighted by atomic mass is 32.2. The van der Waals surface area contributed by atoms with Gasteiger partial charge < -0.3 is 10.5 Å². The second-order valence-electron chi connectivity index (χ2n) is 4.36. The largest absolute Gasteiger partial charge is 0.492 e. The van der Waals surface area contributed by atoms with Crippen LogP contribution in [0.1, 0.15) is 9.75 Å². The van der Waals surface area contributed by atoms with Gasteiger partial charge in [-0.25, -0.2) is 17.5 Å². The van der Waals surface area contributed by atoms with E-state index in [1.165, 1.54) is 24.5 Å². The number of sulfonamides is 1. The number of methoxy groups -OCH3 is 1. The van der Waals surface area contributed by atoms with E-state index in [0.29, 0.717) is 0 Å². The Morgan fingerprint density at radius 2 is 2.10 bits per heavy atom. The number of rotatable bonds is 5. The monoisotopic (exact) mass is 330 g/mol. The molecule has 8 heteroatoms. The number of nitrogen functional groups attached to an aromatic ring is 1. The van der Waals surface area contributed by atoms with Crippen LogP contribution in [0, 0.1) is 12.7 Å². The Kier molecular flexibility index (Phi) is 4.50. The summed E-state index contributed by atoms with van der Waals surface area (Å²) in [6, 6.07) is 5.80. The lowest BCUT2D eigenvalue weighted by atomic mass is 10.3. The Morgan fingerprint density at radius 1 is 1.38 bits per heavy atom. The fourth-order valence-electron chi connectivity index (χ4n) is 1.79. The zero-order valence-electron chi connectivity index (χ0n) is 11.5. The molecule has 2 rings (SSSR count). The summed E-state index contributed by atoms with van der Waals surface area (Å²) in [4.78, 5) is 1.73. The van der Waals surface area contributed by atoms with Gasteiger partial charge in [0.25, 0.3) is 0 Å². The highest BCUT2D eigenvalue weighted by molar-refractivity contribution is 7.89. The fraction of sp³-hybridized carbons (Fsp3) is 0.231. The number of hydrogen-bond donors (Lipinski definition) is 2. The predicted octanol–water partition coefficient (Wildman–Crippen LogP) is 2.26. The highest BCUT2D eigenvalue weighted by Crippen LogP contribution is 2.28. The number of halogens is 1. The van der Waals surface area contributed by atoms with Crippen molar-refractivity contribution in [2.75, 3.05) is 12.8 Å². The first-order chi connectivity index (χ1) is 9.83. The first kappa shape index (κ1) is 15.7. The molecule has 0 aliphatic heterocycles. The van der Waals surface area contributed by atoms with Crippen LogP contribution in [0.15, 0.2) is 29.2 Å². The minimum absolute atomic E-state index is 0.0650. The van der Waals surface area contributed by atoms with E-state index in [4.69, 9.17) is 10.5 Å². The Bertz CT molecular complexity index is 734. The van der Waals surface area contributed by atoms with Crippen LogP contribution in [0.2, 0.25) is 0 Å². The van der Waals surface area contributed by atoms with Crippen molar-refractivity contribution in [3.8, 4) is 5.75 Å². The molecule has 5 nitrogen and oxygen atoms in total. The van der Waals surface area contributed by atoms with Crippen molar-refractivity contribution in [1.82, 2.24) is 4.72 Å². The quantitative estimate of drug-likeness (QED) is 0.824. The van der Waals surface area contributed by atoms with Gasteiger partial charge in [-0.15, -0.1) is 11.3 Å². The van der Waals surface area contributed by atoms with E-state index in [-0.39, 0.29) is 22.9 Å². The minimum Gasteiger partial charge on any atom is -0.492 e. The smallest absolute Gasteiger partial charge is 0.241 e. The van der Waals surface area contributed by atoms with Crippen molar-refractivity contribution in [1.29, 1.82) is 0 Å². The molecule has 21 heavy (non-hydrogen) atoms. The SMILES string of the molecule is COc1c(N)cc(S(=O)(=O)NCc2ccc(C)s2)cc1F. The van der Waals surface area contributed by atoms with Crippen molar-refractivity contribution in [3.05, 3.63) is 39.8 Å². The van der Waals surface area contributed by atoms with Gasteiger partial charge in [-0.05, 0) is 31.2 Å². The third-order valence-electron chi connectivity index (χ3n) is 2.79. The maximum atomic E-state index is 13.7. The normalized spacial score (nSPS) is 11.6. The molecule has 0 amide bonds. The Labute approximate surface area is 126 Å². The summed E-state index contributed by atoms with van der Waals surface area (Å²) in [6.07, 6.45) is 0. The number of nitrogens with one attached hydrogen (secondary N) is 1. The lowest BCUT2D eigenvalue weighted by molar-refractivity contribution is 0.388. The molecule has 0 fully saturated rings. The van der Waals surface area contributed by atoms with Gasteiger partial charge in [0.2, 0.25) is 10.0 Å². The maximum Gasteiger partial charge on any atom is 0.241 e. The predicted molar refractivity (Wildman–Crippen MR) is 80.4 cm³/mol. The second kappa shape index (κ2) is 6.00. The van der Waals surface area contributed by atoms with Gasteiger partial charge in [-0.2, -0.15) is 0 Å². The number of anilines is 1. The van der Waals surface area contributed by atoms with Crippen LogP contribution in [0.4, 0.5) is 10.1 Å². The molecular weight excluding hydrogens is 315 g/mol. The summed E-state index contributed by atoms with van der Waals surface area (Å²) in [7, 11) is -2.57. The number of aryl methyl sites for hydroxylation is 1. The molecule has 1 aromatic carbocycles. The second-order valence-corrected chi connectivity index (χ2v) is 7.50. The van der Waals surface area contributed by atoms with Crippen LogP contribution in [-0.4, -0.2) is 15.5 Å². The van der Waals surface area contributed by atoms with Gasteiger partial charge in [0.1, 0.15) is 0 Å². The van der Waals surface area contributed by atoms with Crippen molar-refractivity contribution in [2.24, 2.45) is 0 Å². The number of hydrogen-bond acceptors (Lipinski definition) is 5. The molecule has 0 saturated carbocycles. The van der Waals surface area contributed by atoms with E-state index < -0.39 is 15.8 Å². The topological polar surface area (TPSA) is 81.4 Å². The molecule has 0 spiro atoms. The van der Waals surface area contributed by atoms with Gasteiger partial charge in [-0.1, -0.05) is 0 Å². The molecule has 1 heterocycles. The van der Waals surface area contributed by atoms with Crippen LogP contribution >= 0.6 is 11.3 Å². The molecule has 0 saturated heterocycles. The first-order valence-electron chi connectivity index (χ1n) is 6.01. The van der Waals surface area contributed by atoms with E-state index >= 15 is 0 Å². The minimum atomic E-state index is -3.84. The Hall–Kier alpha value is -1.64. The lowest BCUT2D eigenvalue weighted by Crippen LogP contribution is -2.23. The summed E-state index contributed by atoms with van der Waals surface area (Å²) in [6.45, 7) is 2.08. The molecule has 3 N–H and O–H groups in total. The molecule has 2 aromatic rings. The number of benzene rings is 1. The van der Waals surface area contributed by atoms with Gasteiger partial charge in [0.15, 0.2) is 11.6 Å². The molecule has 0 radical (unpaired) electrons. The summed E-state index contributed by atoms with van der Waals surface area (Å²) in [5.74, 6) is -0.979. The molecule has 0 aliphatic carbocycles. The summed E-state index contributed by atoms with van der Waals surface area (Å²) < 4.78 is 45.2. The molecular formula is C13H15FN2O3S2. The molecule has 0 bridgehead atoms. The zero-order valence-corrected chi connectivity index (χ0v) is 13.1. The van der Waals surface area contributed by atoms with Gasteiger partial charge >= 0.3 is 0 Å². The van der Waals surface area contributed by atoms with E-state index in [1.807, 2.05) is 19.1 Å². The van der Waals surface area contributed by atoms with Crippen LogP contribution in [-0.2, 0) is 16.6 Å². The van der Waals surface area contributed by atoms with E-state index in [1.54, 1.807) is 0 Å². The van der Waals surface area contributed by atoms with Crippen molar-refractivity contribution >= 4 is 27.0 Å². The average molecular weight is 330 g/mol. The zero-order chi connectivity index (χ0) is 15.6. The van der Waals surface area contributed by atoms with Gasteiger partial charge in [0.05, 0.1) is 17.7 Å². The van der Waals surface area contributed by atoms with Crippen LogP contribution in [0.5, 0.6) is 5.75 Å². The van der Waals surface area contributed by atoms with Gasteiger partial charge in [-0.3, -0.25) is 0 Å². The highest BCUT2D eigenvalue weighted by Gasteiger charge is 2.19. The molecule has 114 valence electrons. The fourth-order valence-corrected chi connectivity index (χ4v) is 3.76. The Morgan fingerprint density at radius 3 is 2.62 bits per heavy atom. The van der Waals surface area contributed by atoms with Crippen molar-refractivity contribution in [2.45, 2.75) is 18.4 Å². The van der Waals surface area contributed by atoms with Crippen LogP contribution in [0.25, 0.3) is 0 Å². The van der Waals surface area contributed by atoms with Gasteiger partial charge in [0, 0.05) is 16.3 Å². The van der Waals surface area contributed by atoms with E-state index in [9.17, 15) is 12.8 Å². The third kappa shape index (κ3) is 3.52. The standard InChI is InChI=1S/C13H15FN2O3S2/c1-8-3-4-9(20-8)7-16-21(17,18)10-5-11(14)13(19-2)12(15)6-10/h3-6,16H,7,15H2,1-2H3. The number of thiophene rings is 1. The number of nitrogens with two attached hydrogens (primary N) is 1. The summed E-state index contributed by atoms with van der Waals surface area (Å²) >= 11 is 1.49. The van der Waals surface area contributed by atoms with E-state index in [2.05, 4.69) is 4.72 Å².